The van der Waals surface area contributed by atoms with Crippen LogP contribution < -0.4 is 10.5 Å². The molecule has 1 aromatic carbocycles. The summed E-state index contributed by atoms with van der Waals surface area (Å²) in [6.07, 6.45) is 1.13. The maximum absolute atomic E-state index is 12.2. The molecule has 1 aromatic rings. The predicted molar refractivity (Wildman–Crippen MR) is 71.7 cm³/mol. The number of aliphatic hydroxyl groups excluding tert-OH is 1. The van der Waals surface area contributed by atoms with Gasteiger partial charge in [0.2, 0.25) is 10.0 Å². The number of nitrogens with one attached hydrogen (secondary N) is 1. The van der Waals surface area contributed by atoms with Gasteiger partial charge in [0.25, 0.3) is 0 Å². The first kappa shape index (κ1) is 14.9. The summed E-state index contributed by atoms with van der Waals surface area (Å²) >= 11 is 0. The zero-order chi connectivity index (χ0) is 13.8. The molecule has 4 N–H and O–H groups in total. The van der Waals surface area contributed by atoms with Gasteiger partial charge in [-0.3, -0.25) is 0 Å². The monoisotopic (exact) mass is 272 g/mol. The second kappa shape index (κ2) is 6.17. The van der Waals surface area contributed by atoms with Crippen molar-refractivity contribution in [1.29, 1.82) is 0 Å². The molecule has 0 aliphatic rings. The minimum Gasteiger partial charge on any atom is -0.399 e. The summed E-state index contributed by atoms with van der Waals surface area (Å²) in [6, 6.07) is 4.37. The number of nitrogen functional groups attached to an aromatic ring is 1. The SMILES string of the molecule is CCc1ccc(N)cc1S(=O)(=O)NC(CC)CO. The van der Waals surface area contributed by atoms with Gasteiger partial charge < -0.3 is 10.8 Å². The van der Waals surface area contributed by atoms with Gasteiger partial charge in [-0.15, -0.1) is 0 Å². The van der Waals surface area contributed by atoms with Crippen molar-refractivity contribution in [1.82, 2.24) is 4.72 Å². The Hall–Kier alpha value is -1.11. The first-order chi connectivity index (χ1) is 8.44. The number of aliphatic hydroxyl groups is 1. The van der Waals surface area contributed by atoms with E-state index in [0.717, 1.165) is 0 Å². The molecule has 0 spiro atoms. The topological polar surface area (TPSA) is 92.4 Å². The highest BCUT2D eigenvalue weighted by molar-refractivity contribution is 7.89. The van der Waals surface area contributed by atoms with Crippen LogP contribution in [0.3, 0.4) is 0 Å². The molecule has 0 heterocycles. The Morgan fingerprint density at radius 2 is 2.06 bits per heavy atom. The molecular formula is C12H20N2O3S. The van der Waals surface area contributed by atoms with Crippen molar-refractivity contribution >= 4 is 15.7 Å². The van der Waals surface area contributed by atoms with E-state index < -0.39 is 16.1 Å². The van der Waals surface area contributed by atoms with Crippen molar-refractivity contribution in [2.24, 2.45) is 0 Å². The van der Waals surface area contributed by atoms with Crippen molar-refractivity contribution in [2.75, 3.05) is 12.3 Å². The van der Waals surface area contributed by atoms with Crippen LogP contribution >= 0.6 is 0 Å². The summed E-state index contributed by atoms with van der Waals surface area (Å²) in [4.78, 5) is 0.192. The molecule has 0 aliphatic heterocycles. The Bertz CT molecular complexity index is 496. The summed E-state index contributed by atoms with van der Waals surface area (Å²) in [5.41, 5.74) is 6.75. The van der Waals surface area contributed by atoms with E-state index in [0.29, 0.717) is 24.1 Å². The van der Waals surface area contributed by atoms with Crippen LogP contribution in [0.5, 0.6) is 0 Å². The molecule has 0 saturated heterocycles. The van der Waals surface area contributed by atoms with E-state index >= 15 is 0 Å². The van der Waals surface area contributed by atoms with Crippen LogP contribution in [-0.4, -0.2) is 26.2 Å². The molecule has 5 nitrogen and oxygen atoms in total. The van der Waals surface area contributed by atoms with E-state index in [1.165, 1.54) is 6.07 Å². The first-order valence-electron chi connectivity index (χ1n) is 5.96. The van der Waals surface area contributed by atoms with Crippen molar-refractivity contribution in [3.05, 3.63) is 23.8 Å². The van der Waals surface area contributed by atoms with Crippen molar-refractivity contribution in [2.45, 2.75) is 37.6 Å². The van der Waals surface area contributed by atoms with Crippen LogP contribution in [-0.2, 0) is 16.4 Å². The number of rotatable bonds is 6. The smallest absolute Gasteiger partial charge is 0.241 e. The molecule has 1 unspecified atom stereocenters. The Labute approximate surface area is 108 Å². The Morgan fingerprint density at radius 1 is 1.39 bits per heavy atom. The fourth-order valence-corrected chi connectivity index (χ4v) is 3.30. The molecule has 0 saturated carbocycles. The van der Waals surface area contributed by atoms with Gasteiger partial charge in [-0.1, -0.05) is 19.9 Å². The lowest BCUT2D eigenvalue weighted by molar-refractivity contribution is 0.254. The second-order valence-corrected chi connectivity index (χ2v) is 5.81. The molecule has 1 rings (SSSR count). The van der Waals surface area contributed by atoms with Gasteiger partial charge in [0.1, 0.15) is 0 Å². The van der Waals surface area contributed by atoms with Crippen LogP contribution in [0.2, 0.25) is 0 Å². The number of benzene rings is 1. The van der Waals surface area contributed by atoms with Gasteiger partial charge >= 0.3 is 0 Å². The normalized spacial score (nSPS) is 13.5. The molecule has 6 heteroatoms. The van der Waals surface area contributed by atoms with Gasteiger partial charge in [-0.05, 0) is 30.5 Å². The van der Waals surface area contributed by atoms with Crippen molar-refractivity contribution in [3.63, 3.8) is 0 Å². The number of hydrogen-bond donors (Lipinski definition) is 3. The fraction of sp³-hybridized carbons (Fsp3) is 0.500. The molecule has 0 aromatic heterocycles. The molecule has 0 radical (unpaired) electrons. The van der Waals surface area contributed by atoms with E-state index in [1.54, 1.807) is 12.1 Å². The summed E-state index contributed by atoms with van der Waals surface area (Å²) in [5.74, 6) is 0. The highest BCUT2D eigenvalue weighted by atomic mass is 32.2. The van der Waals surface area contributed by atoms with Gasteiger partial charge in [-0.2, -0.15) is 0 Å². The Morgan fingerprint density at radius 3 is 2.56 bits per heavy atom. The molecular weight excluding hydrogens is 252 g/mol. The third-order valence-corrected chi connectivity index (χ3v) is 4.40. The number of aryl methyl sites for hydroxylation is 1. The molecule has 0 bridgehead atoms. The molecule has 102 valence electrons. The van der Waals surface area contributed by atoms with Crippen LogP contribution in [0.1, 0.15) is 25.8 Å². The van der Waals surface area contributed by atoms with Gasteiger partial charge in [-0.25, -0.2) is 13.1 Å². The van der Waals surface area contributed by atoms with E-state index in [2.05, 4.69) is 4.72 Å². The number of hydrogen-bond acceptors (Lipinski definition) is 4. The van der Waals surface area contributed by atoms with Crippen LogP contribution in [0.4, 0.5) is 5.69 Å². The minimum atomic E-state index is -3.64. The molecule has 1 atom stereocenters. The maximum atomic E-state index is 12.2. The van der Waals surface area contributed by atoms with Gasteiger partial charge in [0.05, 0.1) is 11.5 Å². The summed E-state index contributed by atoms with van der Waals surface area (Å²) in [5, 5.41) is 9.07. The third kappa shape index (κ3) is 3.44. The Kier molecular flexibility index (Phi) is 5.13. The van der Waals surface area contributed by atoms with Crippen LogP contribution in [0, 0.1) is 0 Å². The fourth-order valence-electron chi connectivity index (χ4n) is 1.65. The minimum absolute atomic E-state index is 0.192. The molecule has 0 amide bonds. The standard InChI is InChI=1S/C12H20N2O3S/c1-3-9-5-6-10(13)7-12(9)18(16,17)14-11(4-2)8-15/h5-7,11,14-15H,3-4,8,13H2,1-2H3. The highest BCUT2D eigenvalue weighted by Gasteiger charge is 2.21. The molecule has 0 aliphatic carbocycles. The maximum Gasteiger partial charge on any atom is 0.241 e. The number of sulfonamides is 1. The van der Waals surface area contributed by atoms with E-state index in [4.69, 9.17) is 10.8 Å². The summed E-state index contributed by atoms with van der Waals surface area (Å²) in [6.45, 7) is 3.47. The predicted octanol–water partition coefficient (Wildman–Crippen LogP) is 0.880. The lowest BCUT2D eigenvalue weighted by Gasteiger charge is -2.16. The quantitative estimate of drug-likeness (QED) is 0.670. The van der Waals surface area contributed by atoms with Crippen molar-refractivity contribution in [3.8, 4) is 0 Å². The van der Waals surface area contributed by atoms with E-state index in [-0.39, 0.29) is 11.5 Å². The second-order valence-electron chi connectivity index (χ2n) is 4.13. The van der Waals surface area contributed by atoms with Crippen molar-refractivity contribution < 1.29 is 13.5 Å². The third-order valence-electron chi connectivity index (χ3n) is 2.80. The zero-order valence-corrected chi connectivity index (χ0v) is 11.5. The van der Waals surface area contributed by atoms with Gasteiger partial charge in [0.15, 0.2) is 0 Å². The van der Waals surface area contributed by atoms with E-state index in [1.807, 2.05) is 13.8 Å². The zero-order valence-electron chi connectivity index (χ0n) is 10.7. The average Bonchev–Trinajstić information content (AvgIpc) is 2.36. The lowest BCUT2D eigenvalue weighted by atomic mass is 10.1. The number of anilines is 1. The van der Waals surface area contributed by atoms with Crippen LogP contribution in [0.25, 0.3) is 0 Å². The van der Waals surface area contributed by atoms with Crippen LogP contribution in [0.15, 0.2) is 23.1 Å². The number of nitrogens with two attached hydrogens (primary N) is 1. The summed E-state index contributed by atoms with van der Waals surface area (Å²) in [7, 11) is -3.64. The highest BCUT2D eigenvalue weighted by Crippen LogP contribution is 2.20. The average molecular weight is 272 g/mol. The van der Waals surface area contributed by atoms with E-state index in [9.17, 15) is 8.42 Å². The first-order valence-corrected chi connectivity index (χ1v) is 7.44. The van der Waals surface area contributed by atoms with Gasteiger partial charge in [0, 0.05) is 11.7 Å². The summed E-state index contributed by atoms with van der Waals surface area (Å²) < 4.78 is 26.9. The Balaban J connectivity index is 3.15. The molecule has 18 heavy (non-hydrogen) atoms. The largest absolute Gasteiger partial charge is 0.399 e. The lowest BCUT2D eigenvalue weighted by Crippen LogP contribution is -2.37. The molecule has 0 fully saturated rings.